The SMILES string of the molecule is C=C1C=CC(OC(C)=O)O1. The van der Waals surface area contributed by atoms with E-state index in [4.69, 9.17) is 4.74 Å². The van der Waals surface area contributed by atoms with Crippen molar-refractivity contribution in [2.75, 3.05) is 0 Å². The summed E-state index contributed by atoms with van der Waals surface area (Å²) in [6.45, 7) is 4.84. The molecular weight excluding hydrogens is 132 g/mol. The van der Waals surface area contributed by atoms with E-state index < -0.39 is 6.29 Å². The summed E-state index contributed by atoms with van der Waals surface area (Å²) in [5.41, 5.74) is 0. The molecule has 54 valence electrons. The van der Waals surface area contributed by atoms with Crippen molar-refractivity contribution in [2.45, 2.75) is 13.2 Å². The lowest BCUT2D eigenvalue weighted by Crippen LogP contribution is -2.12. The fraction of sp³-hybridized carbons (Fsp3) is 0.286. The van der Waals surface area contributed by atoms with Gasteiger partial charge in [0.15, 0.2) is 0 Å². The zero-order chi connectivity index (χ0) is 7.56. The minimum atomic E-state index is -0.565. The molecule has 0 spiro atoms. The fourth-order valence-corrected chi connectivity index (χ4v) is 0.641. The van der Waals surface area contributed by atoms with E-state index in [2.05, 4.69) is 11.3 Å². The van der Waals surface area contributed by atoms with Crippen LogP contribution in [0.5, 0.6) is 0 Å². The molecule has 0 aromatic heterocycles. The molecule has 3 heteroatoms. The lowest BCUT2D eigenvalue weighted by atomic mass is 10.5. The first-order valence-corrected chi connectivity index (χ1v) is 2.89. The van der Waals surface area contributed by atoms with Gasteiger partial charge in [0.1, 0.15) is 5.76 Å². The summed E-state index contributed by atoms with van der Waals surface area (Å²) < 4.78 is 9.60. The first-order chi connectivity index (χ1) is 4.68. The van der Waals surface area contributed by atoms with Crippen LogP contribution >= 0.6 is 0 Å². The van der Waals surface area contributed by atoms with E-state index >= 15 is 0 Å². The van der Waals surface area contributed by atoms with Crippen LogP contribution in [0.25, 0.3) is 0 Å². The molecule has 0 bridgehead atoms. The van der Waals surface area contributed by atoms with Crippen molar-refractivity contribution < 1.29 is 14.3 Å². The molecule has 1 heterocycles. The molecule has 0 radical (unpaired) electrons. The minimum absolute atomic E-state index is 0.357. The van der Waals surface area contributed by atoms with Gasteiger partial charge in [-0.05, 0) is 12.2 Å². The zero-order valence-electron chi connectivity index (χ0n) is 5.66. The fourth-order valence-electron chi connectivity index (χ4n) is 0.641. The van der Waals surface area contributed by atoms with Crippen LogP contribution < -0.4 is 0 Å². The van der Waals surface area contributed by atoms with Gasteiger partial charge < -0.3 is 9.47 Å². The van der Waals surface area contributed by atoms with E-state index in [1.807, 2.05) is 0 Å². The third-order valence-electron chi connectivity index (χ3n) is 0.989. The molecule has 0 N–H and O–H groups in total. The summed E-state index contributed by atoms with van der Waals surface area (Å²) in [5.74, 6) is 0.163. The van der Waals surface area contributed by atoms with E-state index in [0.29, 0.717) is 5.76 Å². The van der Waals surface area contributed by atoms with Crippen LogP contribution in [0.2, 0.25) is 0 Å². The number of esters is 1. The molecule has 0 amide bonds. The van der Waals surface area contributed by atoms with Crippen molar-refractivity contribution in [2.24, 2.45) is 0 Å². The molecule has 1 rings (SSSR count). The van der Waals surface area contributed by atoms with Gasteiger partial charge in [0.05, 0.1) is 0 Å². The van der Waals surface area contributed by atoms with E-state index in [1.165, 1.54) is 6.92 Å². The Morgan fingerprint density at radius 1 is 1.90 bits per heavy atom. The zero-order valence-corrected chi connectivity index (χ0v) is 5.66. The molecule has 0 fully saturated rings. The van der Waals surface area contributed by atoms with Crippen LogP contribution in [0.15, 0.2) is 24.5 Å². The molecule has 0 aromatic carbocycles. The highest BCUT2D eigenvalue weighted by Gasteiger charge is 2.14. The van der Waals surface area contributed by atoms with Crippen molar-refractivity contribution >= 4 is 5.97 Å². The van der Waals surface area contributed by atoms with Crippen LogP contribution in [-0.2, 0) is 14.3 Å². The average Bonchev–Trinajstić information content (AvgIpc) is 2.13. The van der Waals surface area contributed by atoms with Gasteiger partial charge in [-0.1, -0.05) is 6.58 Å². The van der Waals surface area contributed by atoms with E-state index in [9.17, 15) is 4.79 Å². The first-order valence-electron chi connectivity index (χ1n) is 2.89. The van der Waals surface area contributed by atoms with Crippen molar-refractivity contribution in [3.8, 4) is 0 Å². The van der Waals surface area contributed by atoms with Gasteiger partial charge in [0.2, 0.25) is 0 Å². The number of carbonyl (C=O) groups is 1. The number of hydrogen-bond donors (Lipinski definition) is 0. The summed E-state index contributed by atoms with van der Waals surface area (Å²) in [4.78, 5) is 10.3. The van der Waals surface area contributed by atoms with Crippen LogP contribution in [0, 0.1) is 0 Å². The highest BCUT2D eigenvalue weighted by Crippen LogP contribution is 2.13. The second-order valence-corrected chi connectivity index (χ2v) is 1.92. The van der Waals surface area contributed by atoms with Crippen molar-refractivity contribution in [1.82, 2.24) is 0 Å². The molecule has 10 heavy (non-hydrogen) atoms. The average molecular weight is 140 g/mol. The Bertz CT molecular complexity index is 193. The lowest BCUT2D eigenvalue weighted by molar-refractivity contribution is -0.158. The molecule has 0 saturated carbocycles. The highest BCUT2D eigenvalue weighted by atomic mass is 16.7. The first kappa shape index (κ1) is 6.86. The largest absolute Gasteiger partial charge is 0.452 e. The van der Waals surface area contributed by atoms with Crippen LogP contribution in [-0.4, -0.2) is 12.3 Å². The van der Waals surface area contributed by atoms with E-state index in [1.54, 1.807) is 12.2 Å². The van der Waals surface area contributed by atoms with E-state index in [-0.39, 0.29) is 5.97 Å². The molecule has 3 nitrogen and oxygen atoms in total. The van der Waals surface area contributed by atoms with Gasteiger partial charge in [-0.3, -0.25) is 4.79 Å². The molecule has 0 aliphatic carbocycles. The molecule has 0 aromatic rings. The summed E-state index contributed by atoms with van der Waals surface area (Å²) in [7, 11) is 0. The summed E-state index contributed by atoms with van der Waals surface area (Å²) in [6.07, 6.45) is 2.72. The standard InChI is InChI=1S/C7H8O3/c1-5-3-4-7(9-5)10-6(2)8/h3-4,7H,1H2,2H3. The maximum absolute atomic E-state index is 10.3. The lowest BCUT2D eigenvalue weighted by Gasteiger charge is -2.08. The van der Waals surface area contributed by atoms with Crippen molar-refractivity contribution in [3.05, 3.63) is 24.5 Å². The highest BCUT2D eigenvalue weighted by molar-refractivity contribution is 5.66. The van der Waals surface area contributed by atoms with Gasteiger partial charge in [0, 0.05) is 6.92 Å². The molecule has 1 aliphatic rings. The Balaban J connectivity index is 2.40. The molecule has 1 aliphatic heterocycles. The Morgan fingerprint density at radius 3 is 3.00 bits per heavy atom. The van der Waals surface area contributed by atoms with Crippen LogP contribution in [0.3, 0.4) is 0 Å². The topological polar surface area (TPSA) is 35.5 Å². The van der Waals surface area contributed by atoms with Crippen molar-refractivity contribution in [3.63, 3.8) is 0 Å². The second-order valence-electron chi connectivity index (χ2n) is 1.92. The van der Waals surface area contributed by atoms with Gasteiger partial charge in [-0.2, -0.15) is 0 Å². The molecular formula is C7H8O3. The minimum Gasteiger partial charge on any atom is -0.452 e. The maximum Gasteiger partial charge on any atom is 0.305 e. The summed E-state index contributed by atoms with van der Waals surface area (Å²) >= 11 is 0. The van der Waals surface area contributed by atoms with Crippen LogP contribution in [0.1, 0.15) is 6.92 Å². The Hall–Kier alpha value is -1.25. The predicted octanol–water partition coefficient (Wildman–Crippen LogP) is 0.976. The summed E-state index contributed by atoms with van der Waals surface area (Å²) in [6, 6.07) is 0. The number of rotatable bonds is 1. The van der Waals surface area contributed by atoms with Gasteiger partial charge in [0.25, 0.3) is 6.29 Å². The molecule has 1 unspecified atom stereocenters. The monoisotopic (exact) mass is 140 g/mol. The van der Waals surface area contributed by atoms with Gasteiger partial charge in [-0.15, -0.1) is 0 Å². The summed E-state index contributed by atoms with van der Waals surface area (Å²) in [5, 5.41) is 0. The quantitative estimate of drug-likeness (QED) is 0.509. The van der Waals surface area contributed by atoms with Crippen LogP contribution in [0.4, 0.5) is 0 Å². The Labute approximate surface area is 58.9 Å². The number of hydrogen-bond acceptors (Lipinski definition) is 3. The van der Waals surface area contributed by atoms with Gasteiger partial charge >= 0.3 is 5.97 Å². The second kappa shape index (κ2) is 2.56. The number of ether oxygens (including phenoxy) is 2. The third-order valence-corrected chi connectivity index (χ3v) is 0.989. The number of allylic oxidation sites excluding steroid dienone is 1. The Morgan fingerprint density at radius 2 is 2.60 bits per heavy atom. The van der Waals surface area contributed by atoms with Crippen molar-refractivity contribution in [1.29, 1.82) is 0 Å². The smallest absolute Gasteiger partial charge is 0.305 e. The number of carbonyl (C=O) groups excluding carboxylic acids is 1. The maximum atomic E-state index is 10.3. The molecule has 0 saturated heterocycles. The normalized spacial score (nSPS) is 22.5. The van der Waals surface area contributed by atoms with E-state index in [0.717, 1.165) is 0 Å². The van der Waals surface area contributed by atoms with Gasteiger partial charge in [-0.25, -0.2) is 0 Å². The third kappa shape index (κ3) is 1.62. The Kier molecular flexibility index (Phi) is 1.76. The molecule has 1 atom stereocenters. The predicted molar refractivity (Wildman–Crippen MR) is 34.9 cm³/mol.